The van der Waals surface area contributed by atoms with Crippen molar-refractivity contribution >= 4 is 55.2 Å². The van der Waals surface area contributed by atoms with Gasteiger partial charge in [0.25, 0.3) is 0 Å². The lowest BCUT2D eigenvalue weighted by Crippen LogP contribution is -2.33. The maximum absolute atomic E-state index is 6.46. The molecule has 240 valence electrons. The van der Waals surface area contributed by atoms with Crippen molar-refractivity contribution in [1.82, 2.24) is 5.32 Å². The number of fused-ring (bicyclic) bond motifs is 5. The van der Waals surface area contributed by atoms with Crippen LogP contribution < -0.4 is 5.32 Å². The number of hydrogen-bond donors (Lipinski definition) is 1. The zero-order chi connectivity index (χ0) is 33.7. The second-order valence-corrected chi connectivity index (χ2v) is 13.1. The molecule has 1 atom stereocenters. The highest BCUT2D eigenvalue weighted by molar-refractivity contribution is 6.22. The van der Waals surface area contributed by atoms with E-state index in [2.05, 4.69) is 163 Å². The van der Waals surface area contributed by atoms with Crippen LogP contribution in [0.2, 0.25) is 0 Å². The van der Waals surface area contributed by atoms with E-state index < -0.39 is 0 Å². The zero-order valence-corrected chi connectivity index (χ0v) is 27.6. The van der Waals surface area contributed by atoms with E-state index in [-0.39, 0.29) is 6.17 Å². The lowest BCUT2D eigenvalue weighted by molar-refractivity contribution is 0.668. The predicted molar refractivity (Wildman–Crippen MR) is 211 cm³/mol. The lowest BCUT2D eigenvalue weighted by Gasteiger charge is -2.24. The highest BCUT2D eigenvalue weighted by atomic mass is 16.3. The molecule has 51 heavy (non-hydrogen) atoms. The predicted octanol–water partition coefficient (Wildman–Crippen LogP) is 11.7. The van der Waals surface area contributed by atoms with Gasteiger partial charge in [0, 0.05) is 21.9 Å². The fourth-order valence-electron chi connectivity index (χ4n) is 7.28. The fraction of sp³-hybridized carbons (Fsp3) is 0.0213. The van der Waals surface area contributed by atoms with Gasteiger partial charge in [0.05, 0.1) is 0 Å². The first-order valence-corrected chi connectivity index (χ1v) is 17.3. The van der Waals surface area contributed by atoms with Crippen molar-refractivity contribution < 1.29 is 4.42 Å². The standard InChI is InChI=1S/C47H31N3O/c1-2-9-30(10-3-1)33-17-19-34(20-18-33)37-25-26-42-41(29-37)44-40(15-8-16-43(44)51-42)47-49-45(38-23-21-31-11-4-6-13-35(31)27-38)48-46(50-47)39-24-22-32-12-5-7-14-36(32)28-39/h1-29,45H,(H,48,49,50). The smallest absolute Gasteiger partial charge is 0.159 e. The van der Waals surface area contributed by atoms with E-state index in [1.165, 1.54) is 27.3 Å². The Morgan fingerprint density at radius 2 is 1.08 bits per heavy atom. The summed E-state index contributed by atoms with van der Waals surface area (Å²) in [6, 6.07) is 61.8. The molecule has 0 aliphatic carbocycles. The largest absolute Gasteiger partial charge is 0.456 e. The van der Waals surface area contributed by atoms with Crippen molar-refractivity contribution in [3.05, 3.63) is 193 Å². The van der Waals surface area contributed by atoms with Crippen LogP contribution in [-0.2, 0) is 0 Å². The van der Waals surface area contributed by atoms with Gasteiger partial charge in [0.2, 0.25) is 0 Å². The summed E-state index contributed by atoms with van der Waals surface area (Å²) in [6.45, 7) is 0. The monoisotopic (exact) mass is 653 g/mol. The van der Waals surface area contributed by atoms with Gasteiger partial charge in [-0.15, -0.1) is 0 Å². The van der Waals surface area contributed by atoms with Crippen LogP contribution in [0.3, 0.4) is 0 Å². The first-order chi connectivity index (χ1) is 25.2. The molecule has 4 heteroatoms. The molecule has 0 spiro atoms. The molecule has 0 radical (unpaired) electrons. The SMILES string of the molecule is c1ccc(-c2ccc(-c3ccc4oc5cccc(C6=NC(c7ccc8ccccc8c7)=NC(c7ccc8ccccc8c7)N6)c5c4c3)cc2)cc1. The van der Waals surface area contributed by atoms with Gasteiger partial charge in [-0.3, -0.25) is 0 Å². The number of nitrogens with one attached hydrogen (secondary N) is 1. The van der Waals surface area contributed by atoms with E-state index >= 15 is 0 Å². The van der Waals surface area contributed by atoms with E-state index in [1.54, 1.807) is 0 Å². The second kappa shape index (κ2) is 12.0. The molecule has 0 saturated heterocycles. The Labute approximate surface area is 295 Å². The summed E-state index contributed by atoms with van der Waals surface area (Å²) < 4.78 is 6.46. The highest BCUT2D eigenvalue weighted by Gasteiger charge is 2.24. The molecule has 4 nitrogen and oxygen atoms in total. The van der Waals surface area contributed by atoms with Crippen LogP contribution in [0.1, 0.15) is 22.9 Å². The van der Waals surface area contributed by atoms with E-state index in [1.807, 2.05) is 18.2 Å². The normalized spacial score (nSPS) is 14.5. The molecule has 9 aromatic rings. The molecule has 0 fully saturated rings. The van der Waals surface area contributed by atoms with Crippen LogP contribution in [0.5, 0.6) is 0 Å². The van der Waals surface area contributed by atoms with Crippen molar-refractivity contribution in [3.8, 4) is 22.3 Å². The molecule has 10 rings (SSSR count). The summed E-state index contributed by atoms with van der Waals surface area (Å²) in [7, 11) is 0. The van der Waals surface area contributed by atoms with Crippen molar-refractivity contribution in [2.24, 2.45) is 9.98 Å². The molecule has 0 bridgehead atoms. The molecule has 1 N–H and O–H groups in total. The van der Waals surface area contributed by atoms with Crippen molar-refractivity contribution in [2.45, 2.75) is 6.17 Å². The highest BCUT2D eigenvalue weighted by Crippen LogP contribution is 2.36. The van der Waals surface area contributed by atoms with E-state index in [9.17, 15) is 0 Å². The van der Waals surface area contributed by atoms with Crippen LogP contribution in [0, 0.1) is 0 Å². The average Bonchev–Trinajstić information content (AvgIpc) is 3.59. The summed E-state index contributed by atoms with van der Waals surface area (Å²) in [4.78, 5) is 10.5. The van der Waals surface area contributed by atoms with Gasteiger partial charge in [-0.2, -0.15) is 0 Å². The van der Waals surface area contributed by atoms with E-state index in [0.29, 0.717) is 5.84 Å². The molecule has 2 heterocycles. The maximum Gasteiger partial charge on any atom is 0.159 e. The van der Waals surface area contributed by atoms with Crippen molar-refractivity contribution in [3.63, 3.8) is 0 Å². The van der Waals surface area contributed by atoms with Gasteiger partial charge in [0.1, 0.15) is 23.2 Å². The Bertz CT molecular complexity index is 2830. The first-order valence-electron chi connectivity index (χ1n) is 17.3. The van der Waals surface area contributed by atoms with Crippen LogP contribution in [0.25, 0.3) is 65.7 Å². The van der Waals surface area contributed by atoms with Gasteiger partial charge in [0.15, 0.2) is 5.84 Å². The quantitative estimate of drug-likeness (QED) is 0.201. The number of aliphatic imine (C=N–C) groups is 2. The second-order valence-electron chi connectivity index (χ2n) is 13.1. The minimum atomic E-state index is -0.337. The number of nitrogens with zero attached hydrogens (tertiary/aromatic N) is 2. The summed E-state index contributed by atoms with van der Waals surface area (Å²) >= 11 is 0. The molecule has 1 aliphatic heterocycles. The first kappa shape index (κ1) is 29.2. The fourth-order valence-corrected chi connectivity index (χ4v) is 7.28. The molecule has 0 amide bonds. The Balaban J connectivity index is 1.11. The summed E-state index contributed by atoms with van der Waals surface area (Å²) in [5.41, 5.74) is 9.37. The van der Waals surface area contributed by atoms with Gasteiger partial charge in [-0.05, 0) is 79.7 Å². The molecule has 1 aliphatic rings. The van der Waals surface area contributed by atoms with E-state index in [4.69, 9.17) is 14.4 Å². The number of benzene rings is 8. The minimum absolute atomic E-state index is 0.337. The molecule has 8 aromatic carbocycles. The average molecular weight is 654 g/mol. The Morgan fingerprint density at radius 3 is 1.86 bits per heavy atom. The molecule has 1 aromatic heterocycles. The minimum Gasteiger partial charge on any atom is -0.456 e. The molecular formula is C47H31N3O. The third-order valence-corrected chi connectivity index (χ3v) is 9.91. The summed E-state index contributed by atoms with van der Waals surface area (Å²) in [5.74, 6) is 1.45. The number of furan rings is 1. The Kier molecular flexibility index (Phi) is 6.85. The number of hydrogen-bond acceptors (Lipinski definition) is 4. The number of amidine groups is 2. The lowest BCUT2D eigenvalue weighted by atomic mass is 9.98. The van der Waals surface area contributed by atoms with Crippen LogP contribution in [0.15, 0.2) is 190 Å². The summed E-state index contributed by atoms with van der Waals surface area (Å²) in [5, 5.41) is 10.5. The van der Waals surface area contributed by atoms with Crippen LogP contribution in [0.4, 0.5) is 0 Å². The Hall–Kier alpha value is -6.78. The topological polar surface area (TPSA) is 49.9 Å². The van der Waals surface area contributed by atoms with Gasteiger partial charge >= 0.3 is 0 Å². The zero-order valence-electron chi connectivity index (χ0n) is 27.6. The van der Waals surface area contributed by atoms with Crippen molar-refractivity contribution in [2.75, 3.05) is 0 Å². The summed E-state index contributed by atoms with van der Waals surface area (Å²) in [6.07, 6.45) is -0.337. The third kappa shape index (κ3) is 5.25. The van der Waals surface area contributed by atoms with Gasteiger partial charge in [-0.1, -0.05) is 146 Å². The molecular weight excluding hydrogens is 623 g/mol. The number of rotatable bonds is 5. The van der Waals surface area contributed by atoms with Gasteiger partial charge in [-0.25, -0.2) is 9.98 Å². The molecule has 0 saturated carbocycles. The van der Waals surface area contributed by atoms with E-state index in [0.717, 1.165) is 61.0 Å². The third-order valence-electron chi connectivity index (χ3n) is 9.91. The van der Waals surface area contributed by atoms with Crippen LogP contribution in [-0.4, -0.2) is 11.7 Å². The molecule has 1 unspecified atom stereocenters. The Morgan fingerprint density at radius 1 is 0.451 bits per heavy atom. The van der Waals surface area contributed by atoms with Crippen molar-refractivity contribution in [1.29, 1.82) is 0 Å². The van der Waals surface area contributed by atoms with Crippen LogP contribution >= 0.6 is 0 Å². The maximum atomic E-state index is 6.46. The van der Waals surface area contributed by atoms with Gasteiger partial charge < -0.3 is 9.73 Å².